The molecule has 18 rings (SSSR count). The average Bonchev–Trinajstić information content (AvgIpc) is 1.76. The van der Waals surface area contributed by atoms with Crippen molar-refractivity contribution in [2.75, 3.05) is 4.90 Å². The summed E-state index contributed by atoms with van der Waals surface area (Å²) in [6, 6.07) is 115. The lowest BCUT2D eigenvalue weighted by molar-refractivity contribution is 0.436. The second-order valence-electron chi connectivity index (χ2n) is 22.9. The summed E-state index contributed by atoms with van der Waals surface area (Å²) >= 11 is 0. The van der Waals surface area contributed by atoms with Gasteiger partial charge >= 0.3 is 0 Å². The maximum atomic E-state index is 6.84. The largest absolute Gasteiger partial charge is 0.457 e. The first kappa shape index (κ1) is 47.0. The molecule has 0 bridgehead atoms. The van der Waals surface area contributed by atoms with E-state index in [2.05, 4.69) is 314 Å². The summed E-state index contributed by atoms with van der Waals surface area (Å²) in [5, 5.41) is 0. The topological polar surface area (TPSA) is 21.7 Å². The molecule has 0 fully saturated rings. The molecular formula is C81H51NO2. The number of fused-ring (bicyclic) bond motifs is 21. The van der Waals surface area contributed by atoms with Crippen molar-refractivity contribution in [1.82, 2.24) is 0 Å². The van der Waals surface area contributed by atoms with E-state index in [0.29, 0.717) is 0 Å². The van der Waals surface area contributed by atoms with Gasteiger partial charge in [0.2, 0.25) is 0 Å². The third-order valence-corrected chi connectivity index (χ3v) is 19.1. The van der Waals surface area contributed by atoms with Crippen LogP contribution in [0.15, 0.2) is 309 Å². The summed E-state index contributed by atoms with van der Waals surface area (Å²) in [5.41, 5.74) is 25.5. The van der Waals surface area contributed by atoms with E-state index in [1.807, 2.05) is 0 Å². The Kier molecular flexibility index (Phi) is 9.86. The van der Waals surface area contributed by atoms with Crippen LogP contribution in [0.5, 0.6) is 23.0 Å². The Morgan fingerprint density at radius 2 is 0.607 bits per heavy atom. The van der Waals surface area contributed by atoms with E-state index in [9.17, 15) is 0 Å². The average molecular weight is 1070 g/mol. The molecule has 3 nitrogen and oxygen atoms in total. The molecule has 392 valence electrons. The van der Waals surface area contributed by atoms with Gasteiger partial charge in [0.15, 0.2) is 0 Å². The number of hydrogen-bond donors (Lipinski definition) is 0. The van der Waals surface area contributed by atoms with Crippen LogP contribution in [0.3, 0.4) is 0 Å². The molecule has 5 aliphatic rings. The predicted molar refractivity (Wildman–Crippen MR) is 339 cm³/mol. The summed E-state index contributed by atoms with van der Waals surface area (Å²) in [6.07, 6.45) is 0. The number of rotatable bonds is 6. The molecule has 0 atom stereocenters. The fourth-order valence-electron chi connectivity index (χ4n) is 15.9. The minimum absolute atomic E-state index is 0.599. The molecule has 0 saturated heterocycles. The molecular weight excluding hydrogens is 1020 g/mol. The quantitative estimate of drug-likeness (QED) is 0.166. The number of anilines is 3. The maximum absolute atomic E-state index is 6.84. The molecule has 3 aliphatic carbocycles. The van der Waals surface area contributed by atoms with Crippen molar-refractivity contribution in [2.45, 2.75) is 16.2 Å². The van der Waals surface area contributed by atoms with E-state index < -0.39 is 16.2 Å². The zero-order chi connectivity index (χ0) is 55.1. The van der Waals surface area contributed by atoms with Crippen molar-refractivity contribution in [3.8, 4) is 67.5 Å². The van der Waals surface area contributed by atoms with E-state index >= 15 is 0 Å². The Morgan fingerprint density at radius 1 is 0.226 bits per heavy atom. The maximum Gasteiger partial charge on any atom is 0.132 e. The van der Waals surface area contributed by atoms with Gasteiger partial charge in [-0.15, -0.1) is 0 Å². The lowest BCUT2D eigenvalue weighted by atomic mass is 9.66. The van der Waals surface area contributed by atoms with Crippen LogP contribution in [0.1, 0.15) is 66.8 Å². The SMILES string of the molecule is c1ccc(C2(c3ccccc3)c3ccccc3-c3c(N(c4cccc(-c5ccc6c(c5)C5(c7ccccc7Oc7ccccc75)c5ccccc5-6)c4)c4ccc5c(c4)C4(c6ccccc6Oc6ccccc64)c4ccccc4-5)cccc32)cc1. The molecule has 2 heterocycles. The van der Waals surface area contributed by atoms with Crippen LogP contribution in [-0.2, 0) is 16.2 Å². The van der Waals surface area contributed by atoms with E-state index in [4.69, 9.17) is 9.47 Å². The van der Waals surface area contributed by atoms with Crippen LogP contribution in [-0.4, -0.2) is 0 Å². The van der Waals surface area contributed by atoms with Gasteiger partial charge in [-0.3, -0.25) is 0 Å². The molecule has 2 spiro atoms. The van der Waals surface area contributed by atoms with Crippen molar-refractivity contribution < 1.29 is 9.47 Å². The summed E-state index contributed by atoms with van der Waals surface area (Å²) in [5.74, 6) is 3.51. The first-order valence-electron chi connectivity index (χ1n) is 29.1. The molecule has 0 N–H and O–H groups in total. The van der Waals surface area contributed by atoms with E-state index in [1.165, 1.54) is 77.9 Å². The van der Waals surface area contributed by atoms with Gasteiger partial charge < -0.3 is 14.4 Å². The van der Waals surface area contributed by atoms with Crippen LogP contribution < -0.4 is 14.4 Å². The molecule has 13 aromatic carbocycles. The highest BCUT2D eigenvalue weighted by atomic mass is 16.5. The number of hydrogen-bond acceptors (Lipinski definition) is 3. The van der Waals surface area contributed by atoms with Crippen LogP contribution in [0.2, 0.25) is 0 Å². The Bertz CT molecular complexity index is 4750. The second-order valence-corrected chi connectivity index (χ2v) is 22.9. The van der Waals surface area contributed by atoms with Crippen LogP contribution in [0, 0.1) is 0 Å². The van der Waals surface area contributed by atoms with Crippen molar-refractivity contribution >= 4 is 17.1 Å². The van der Waals surface area contributed by atoms with Gasteiger partial charge in [-0.05, 0) is 144 Å². The fraction of sp³-hybridized carbons (Fsp3) is 0.0370. The summed E-state index contributed by atoms with van der Waals surface area (Å²) in [7, 11) is 0. The highest BCUT2D eigenvalue weighted by molar-refractivity contribution is 6.00. The number of para-hydroxylation sites is 4. The molecule has 0 unspecified atom stereocenters. The molecule has 0 saturated carbocycles. The molecule has 84 heavy (non-hydrogen) atoms. The van der Waals surface area contributed by atoms with Crippen LogP contribution in [0.25, 0.3) is 44.5 Å². The molecule has 2 aliphatic heterocycles. The number of benzene rings is 13. The lowest BCUT2D eigenvalue weighted by Gasteiger charge is -2.39. The van der Waals surface area contributed by atoms with Crippen molar-refractivity contribution in [3.05, 3.63) is 376 Å². The van der Waals surface area contributed by atoms with Gasteiger partial charge in [0.25, 0.3) is 0 Å². The van der Waals surface area contributed by atoms with E-state index in [-0.39, 0.29) is 0 Å². The monoisotopic (exact) mass is 1070 g/mol. The normalized spacial score (nSPS) is 14.7. The second kappa shape index (κ2) is 17.6. The lowest BCUT2D eigenvalue weighted by Crippen LogP contribution is -2.32. The Hall–Kier alpha value is -10.7. The van der Waals surface area contributed by atoms with Crippen LogP contribution >= 0.6 is 0 Å². The molecule has 0 aromatic heterocycles. The Morgan fingerprint density at radius 3 is 1.14 bits per heavy atom. The van der Waals surface area contributed by atoms with E-state index in [0.717, 1.165) is 73.4 Å². The molecule has 0 amide bonds. The zero-order valence-corrected chi connectivity index (χ0v) is 45.7. The highest BCUT2D eigenvalue weighted by Gasteiger charge is 2.54. The minimum atomic E-state index is -0.665. The zero-order valence-electron chi connectivity index (χ0n) is 45.7. The van der Waals surface area contributed by atoms with Gasteiger partial charge in [-0.2, -0.15) is 0 Å². The minimum Gasteiger partial charge on any atom is -0.457 e. The van der Waals surface area contributed by atoms with Crippen molar-refractivity contribution in [1.29, 1.82) is 0 Å². The van der Waals surface area contributed by atoms with Gasteiger partial charge in [-0.1, -0.05) is 249 Å². The Labute approximate surface area is 488 Å². The van der Waals surface area contributed by atoms with Gasteiger partial charge in [0.05, 0.1) is 21.9 Å². The number of ether oxygens (including phenoxy) is 2. The van der Waals surface area contributed by atoms with Crippen molar-refractivity contribution in [3.63, 3.8) is 0 Å². The first-order valence-corrected chi connectivity index (χ1v) is 29.1. The van der Waals surface area contributed by atoms with Gasteiger partial charge in [0.1, 0.15) is 23.0 Å². The molecule has 13 aromatic rings. The predicted octanol–water partition coefficient (Wildman–Crippen LogP) is 20.1. The third-order valence-electron chi connectivity index (χ3n) is 19.1. The standard InChI is InChI=1S/C81H51NO2/c1-3-24-54(25-4-1)79(55-26-5-2-6-27-55)65-34-12-9-31-62(65)78-70(79)39-22-40-73(78)82(57-46-48-61-59-30-8-11-33-64(59)81(72(61)51-57)68-37-15-19-43-76(68)84-77-44-20-16-38-69(77)81)56-28-21-23-52(49-56)53-45-47-60-58-29-7-10-32-63(58)80(71(60)50-53)66-35-13-17-41-74(66)83-75-42-18-14-36-67(75)80/h1-51H. The van der Waals surface area contributed by atoms with Gasteiger partial charge in [-0.25, -0.2) is 0 Å². The third kappa shape index (κ3) is 6.09. The molecule has 0 radical (unpaired) electrons. The Balaban J connectivity index is 0.903. The fourth-order valence-corrected chi connectivity index (χ4v) is 15.9. The highest BCUT2D eigenvalue weighted by Crippen LogP contribution is 2.66. The van der Waals surface area contributed by atoms with Crippen molar-refractivity contribution in [2.24, 2.45) is 0 Å². The summed E-state index contributed by atoms with van der Waals surface area (Å²) in [6.45, 7) is 0. The smallest absolute Gasteiger partial charge is 0.132 e. The first-order chi connectivity index (χ1) is 41.7. The van der Waals surface area contributed by atoms with Gasteiger partial charge in [0, 0.05) is 39.2 Å². The van der Waals surface area contributed by atoms with Crippen LogP contribution in [0.4, 0.5) is 17.1 Å². The van der Waals surface area contributed by atoms with E-state index in [1.54, 1.807) is 0 Å². The molecule has 3 heteroatoms. The summed E-state index contributed by atoms with van der Waals surface area (Å²) < 4.78 is 13.6. The summed E-state index contributed by atoms with van der Waals surface area (Å²) in [4.78, 5) is 2.55. The number of nitrogens with zero attached hydrogens (tertiary/aromatic N) is 1.